The smallest absolute Gasteiger partial charge is 0.322 e. The van der Waals surface area contributed by atoms with E-state index < -0.39 is 5.54 Å². The molecule has 4 nitrogen and oxygen atoms in total. The van der Waals surface area contributed by atoms with Gasteiger partial charge in [0.2, 0.25) is 0 Å². The molecule has 0 aliphatic carbocycles. The summed E-state index contributed by atoms with van der Waals surface area (Å²) >= 11 is 4.15. The molecule has 1 unspecified atom stereocenters. The van der Waals surface area contributed by atoms with E-state index in [-0.39, 0.29) is 11.9 Å². The van der Waals surface area contributed by atoms with Crippen LogP contribution < -0.4 is 5.32 Å². The molecule has 0 spiro atoms. The molecule has 0 aromatic heterocycles. The summed E-state index contributed by atoms with van der Waals surface area (Å²) < 4.78 is 0. The van der Waals surface area contributed by atoms with Crippen molar-refractivity contribution in [1.82, 2.24) is 10.2 Å². The van der Waals surface area contributed by atoms with Gasteiger partial charge in [-0.1, -0.05) is 19.8 Å². The third-order valence-corrected chi connectivity index (χ3v) is 3.13. The van der Waals surface area contributed by atoms with Crippen molar-refractivity contribution in [1.29, 1.82) is 0 Å². The Hall–Kier alpha value is -0.710. The van der Waals surface area contributed by atoms with Crippen LogP contribution in [0.3, 0.4) is 0 Å². The third kappa shape index (κ3) is 1.73. The van der Waals surface area contributed by atoms with Crippen molar-refractivity contribution in [2.24, 2.45) is 0 Å². The van der Waals surface area contributed by atoms with Crippen molar-refractivity contribution in [3.8, 4) is 0 Å². The van der Waals surface area contributed by atoms with Crippen LogP contribution in [-0.2, 0) is 4.79 Å². The van der Waals surface area contributed by atoms with Crippen LogP contribution in [0.5, 0.6) is 0 Å². The summed E-state index contributed by atoms with van der Waals surface area (Å²) in [5.41, 5.74) is -0.759. The Labute approximate surface area is 89.4 Å². The van der Waals surface area contributed by atoms with Gasteiger partial charge in [-0.2, -0.15) is 12.6 Å². The Kier molecular flexibility index (Phi) is 3.42. The zero-order valence-electron chi connectivity index (χ0n) is 8.54. The Morgan fingerprint density at radius 1 is 1.50 bits per heavy atom. The topological polar surface area (TPSA) is 49.4 Å². The van der Waals surface area contributed by atoms with E-state index in [0.717, 1.165) is 17.7 Å². The Morgan fingerprint density at radius 2 is 2.14 bits per heavy atom. The maximum atomic E-state index is 11.8. The normalized spacial score (nSPS) is 26.9. The molecule has 80 valence electrons. The predicted octanol–water partition coefficient (Wildman–Crippen LogP) is 1.03. The van der Waals surface area contributed by atoms with Crippen LogP contribution in [0.4, 0.5) is 4.79 Å². The van der Waals surface area contributed by atoms with E-state index in [9.17, 15) is 9.59 Å². The molecule has 1 aliphatic heterocycles. The van der Waals surface area contributed by atoms with Crippen LogP contribution in [0.25, 0.3) is 0 Å². The number of nitrogens with zero attached hydrogens (tertiary/aromatic N) is 1. The second-order valence-corrected chi connectivity index (χ2v) is 3.95. The second kappa shape index (κ2) is 4.21. The van der Waals surface area contributed by atoms with Crippen LogP contribution >= 0.6 is 12.6 Å². The molecule has 0 saturated carbocycles. The van der Waals surface area contributed by atoms with E-state index >= 15 is 0 Å². The van der Waals surface area contributed by atoms with E-state index in [0.29, 0.717) is 12.2 Å². The Balaban J connectivity index is 2.80. The van der Waals surface area contributed by atoms with Crippen molar-refractivity contribution in [3.63, 3.8) is 0 Å². The maximum Gasteiger partial charge on any atom is 0.324 e. The average Bonchev–Trinajstić information content (AvgIpc) is 2.41. The number of nitrogens with one attached hydrogen (secondary N) is 1. The molecule has 1 heterocycles. The minimum Gasteiger partial charge on any atom is -0.322 e. The van der Waals surface area contributed by atoms with E-state index in [4.69, 9.17) is 0 Å². The van der Waals surface area contributed by atoms with Gasteiger partial charge in [0.1, 0.15) is 5.54 Å². The molecule has 1 N–H and O–H groups in total. The minimum absolute atomic E-state index is 0.161. The van der Waals surface area contributed by atoms with Crippen LogP contribution in [0.2, 0.25) is 0 Å². The molecule has 0 aromatic carbocycles. The summed E-state index contributed by atoms with van der Waals surface area (Å²) in [7, 11) is 1.49. The molecule has 0 bridgehead atoms. The van der Waals surface area contributed by atoms with Gasteiger partial charge >= 0.3 is 6.03 Å². The van der Waals surface area contributed by atoms with E-state index in [1.807, 2.05) is 0 Å². The first kappa shape index (κ1) is 11.4. The lowest BCUT2D eigenvalue weighted by Gasteiger charge is -2.23. The highest BCUT2D eigenvalue weighted by atomic mass is 32.1. The number of hydrogen-bond acceptors (Lipinski definition) is 3. The quantitative estimate of drug-likeness (QED) is 0.544. The second-order valence-electron chi connectivity index (χ2n) is 3.64. The van der Waals surface area contributed by atoms with Crippen molar-refractivity contribution in [2.75, 3.05) is 12.8 Å². The first-order chi connectivity index (χ1) is 6.57. The van der Waals surface area contributed by atoms with E-state index in [2.05, 4.69) is 24.9 Å². The molecule has 0 radical (unpaired) electrons. The number of carbonyl (C=O) groups is 2. The molecule has 1 rings (SSSR count). The van der Waals surface area contributed by atoms with Gasteiger partial charge in [-0.3, -0.25) is 9.69 Å². The Morgan fingerprint density at radius 3 is 2.50 bits per heavy atom. The number of thiol groups is 1. The number of rotatable bonds is 4. The lowest BCUT2D eigenvalue weighted by molar-refractivity contribution is -0.129. The average molecular weight is 216 g/mol. The van der Waals surface area contributed by atoms with Gasteiger partial charge in [-0.15, -0.1) is 0 Å². The van der Waals surface area contributed by atoms with Crippen molar-refractivity contribution in [3.05, 3.63) is 0 Å². The zero-order valence-corrected chi connectivity index (χ0v) is 9.43. The molecule has 1 saturated heterocycles. The summed E-state index contributed by atoms with van der Waals surface area (Å²) in [4.78, 5) is 24.2. The molecule has 1 atom stereocenters. The molecule has 14 heavy (non-hydrogen) atoms. The van der Waals surface area contributed by atoms with Gasteiger partial charge in [-0.25, -0.2) is 4.79 Å². The fourth-order valence-corrected chi connectivity index (χ4v) is 1.96. The highest BCUT2D eigenvalue weighted by Gasteiger charge is 2.47. The molecular weight excluding hydrogens is 200 g/mol. The van der Waals surface area contributed by atoms with E-state index in [1.54, 1.807) is 0 Å². The number of imide groups is 1. The monoisotopic (exact) mass is 216 g/mol. The molecule has 3 amide bonds. The SMILES string of the molecule is CCCCC1(CS)NC(=O)N(C)C1=O. The minimum atomic E-state index is -0.759. The predicted molar refractivity (Wildman–Crippen MR) is 57.4 cm³/mol. The molecule has 0 aromatic rings. The molecule has 5 heteroatoms. The van der Waals surface area contributed by atoms with Gasteiger partial charge < -0.3 is 5.32 Å². The maximum absolute atomic E-state index is 11.8. The summed E-state index contributed by atoms with van der Waals surface area (Å²) in [5.74, 6) is 0.202. The van der Waals surface area contributed by atoms with Crippen LogP contribution in [-0.4, -0.2) is 35.2 Å². The lowest BCUT2D eigenvalue weighted by Crippen LogP contribution is -2.48. The standard InChI is InChI=1S/C9H16N2O2S/c1-3-4-5-9(6-14)7(12)11(2)8(13)10-9/h14H,3-6H2,1-2H3,(H,10,13). The third-order valence-electron chi connectivity index (χ3n) is 2.59. The summed E-state index contributed by atoms with van der Waals surface area (Å²) in [6.45, 7) is 2.05. The number of likely N-dealkylation sites (N-methyl/N-ethyl adjacent to an activating group) is 1. The molecule has 1 fully saturated rings. The fraction of sp³-hybridized carbons (Fsp3) is 0.778. The zero-order chi connectivity index (χ0) is 10.8. The van der Waals surface area contributed by atoms with Gasteiger partial charge in [-0.05, 0) is 6.42 Å². The molecular formula is C9H16N2O2S. The number of hydrogen-bond donors (Lipinski definition) is 2. The first-order valence-corrected chi connectivity index (χ1v) is 5.42. The van der Waals surface area contributed by atoms with Crippen LogP contribution in [0.1, 0.15) is 26.2 Å². The van der Waals surface area contributed by atoms with Gasteiger partial charge in [0.05, 0.1) is 0 Å². The summed E-state index contributed by atoms with van der Waals surface area (Å²) in [6, 6.07) is -0.319. The van der Waals surface area contributed by atoms with Gasteiger partial charge in [0.15, 0.2) is 0 Å². The van der Waals surface area contributed by atoms with Gasteiger partial charge in [0.25, 0.3) is 5.91 Å². The summed E-state index contributed by atoms with van der Waals surface area (Å²) in [5, 5.41) is 2.71. The molecule has 1 aliphatic rings. The highest BCUT2D eigenvalue weighted by Crippen LogP contribution is 2.24. The van der Waals surface area contributed by atoms with E-state index in [1.165, 1.54) is 7.05 Å². The highest BCUT2D eigenvalue weighted by molar-refractivity contribution is 7.80. The number of unbranched alkanes of at least 4 members (excludes halogenated alkanes) is 1. The van der Waals surface area contributed by atoms with Crippen LogP contribution in [0, 0.1) is 0 Å². The van der Waals surface area contributed by atoms with Crippen molar-refractivity contribution in [2.45, 2.75) is 31.7 Å². The summed E-state index contributed by atoms with van der Waals surface area (Å²) in [6.07, 6.45) is 2.59. The van der Waals surface area contributed by atoms with Crippen molar-refractivity contribution < 1.29 is 9.59 Å². The van der Waals surface area contributed by atoms with Gasteiger partial charge in [0, 0.05) is 12.8 Å². The largest absolute Gasteiger partial charge is 0.324 e. The number of carbonyl (C=O) groups excluding carboxylic acids is 2. The fourth-order valence-electron chi connectivity index (χ4n) is 1.59. The number of urea groups is 1. The van der Waals surface area contributed by atoms with Crippen LogP contribution in [0.15, 0.2) is 0 Å². The Bertz CT molecular complexity index is 257. The first-order valence-electron chi connectivity index (χ1n) is 4.78. The number of amides is 3. The van der Waals surface area contributed by atoms with Crippen molar-refractivity contribution >= 4 is 24.6 Å². The lowest BCUT2D eigenvalue weighted by atomic mass is 9.95.